The van der Waals surface area contributed by atoms with Crippen LogP contribution in [0.1, 0.15) is 32.1 Å². The molecule has 0 bridgehead atoms. The highest BCUT2D eigenvalue weighted by molar-refractivity contribution is 5.64. The van der Waals surface area contributed by atoms with Crippen LogP contribution in [-0.4, -0.2) is 37.3 Å². The summed E-state index contributed by atoms with van der Waals surface area (Å²) < 4.78 is 60.0. The number of piperidine rings is 1. The predicted molar refractivity (Wildman–Crippen MR) is 109 cm³/mol. The number of halogens is 4. The second-order valence-electron chi connectivity index (χ2n) is 8.67. The van der Waals surface area contributed by atoms with Gasteiger partial charge in [-0.05, 0) is 68.5 Å². The number of hydrogen-bond donors (Lipinski definition) is 0. The van der Waals surface area contributed by atoms with E-state index in [2.05, 4.69) is 0 Å². The van der Waals surface area contributed by atoms with Gasteiger partial charge in [0.15, 0.2) is 0 Å². The van der Waals surface area contributed by atoms with Crippen LogP contribution in [0.5, 0.6) is 5.75 Å². The van der Waals surface area contributed by atoms with Gasteiger partial charge in [0.2, 0.25) is 0 Å². The zero-order chi connectivity index (χ0) is 21.2. The fourth-order valence-electron chi connectivity index (χ4n) is 4.51. The third-order valence-electron chi connectivity index (χ3n) is 6.67. The van der Waals surface area contributed by atoms with Crippen molar-refractivity contribution in [3.8, 4) is 16.9 Å². The Kier molecular flexibility index (Phi) is 6.05. The number of rotatable bonds is 6. The molecule has 2 nitrogen and oxygen atoms in total. The average Bonchev–Trinajstić information content (AvgIpc) is 2.70. The quantitative estimate of drug-likeness (QED) is 0.507. The Balaban J connectivity index is 1.25. The Bertz CT molecular complexity index is 837. The van der Waals surface area contributed by atoms with Crippen LogP contribution in [0.4, 0.5) is 17.6 Å². The van der Waals surface area contributed by atoms with Crippen molar-refractivity contribution in [1.29, 1.82) is 0 Å². The molecule has 6 heteroatoms. The van der Waals surface area contributed by atoms with Crippen LogP contribution in [0.3, 0.4) is 0 Å². The van der Waals surface area contributed by atoms with Gasteiger partial charge in [-0.2, -0.15) is 13.2 Å². The molecule has 0 spiro atoms. The summed E-state index contributed by atoms with van der Waals surface area (Å²) >= 11 is 0. The van der Waals surface area contributed by atoms with Crippen molar-refractivity contribution in [1.82, 2.24) is 4.90 Å². The number of ether oxygens (including phenoxy) is 1. The molecule has 1 heterocycles. The summed E-state index contributed by atoms with van der Waals surface area (Å²) in [4.78, 5) is 1.98. The molecule has 0 atom stereocenters. The average molecular weight is 421 g/mol. The van der Waals surface area contributed by atoms with E-state index in [0.717, 1.165) is 24.2 Å². The van der Waals surface area contributed by atoms with Crippen molar-refractivity contribution < 1.29 is 22.3 Å². The number of likely N-dealkylation sites (tertiary alicyclic amines) is 1. The fourth-order valence-corrected chi connectivity index (χ4v) is 4.51. The molecular weight excluding hydrogens is 394 g/mol. The summed E-state index contributed by atoms with van der Waals surface area (Å²) in [5, 5.41) is 0. The molecule has 4 rings (SSSR count). The molecule has 2 aliphatic rings. The van der Waals surface area contributed by atoms with Crippen LogP contribution >= 0.6 is 0 Å². The van der Waals surface area contributed by atoms with E-state index in [0.29, 0.717) is 37.6 Å². The highest BCUT2D eigenvalue weighted by atomic mass is 19.4. The first-order valence-electron chi connectivity index (χ1n) is 10.6. The van der Waals surface area contributed by atoms with Gasteiger partial charge >= 0.3 is 6.18 Å². The number of nitrogens with zero attached hydrogens (tertiary/aromatic N) is 1. The van der Waals surface area contributed by atoms with Crippen LogP contribution in [0, 0.1) is 17.2 Å². The van der Waals surface area contributed by atoms with Gasteiger partial charge in [-0.1, -0.05) is 36.8 Å². The topological polar surface area (TPSA) is 12.5 Å². The van der Waals surface area contributed by atoms with Crippen LogP contribution in [-0.2, 0) is 0 Å². The van der Waals surface area contributed by atoms with Gasteiger partial charge in [0.1, 0.15) is 11.6 Å². The number of alkyl halides is 3. The standard InChI is InChI=1S/C24H27F4NO/c25-22-5-2-1-4-21(22)19-6-8-20(9-7-19)30-16-18-10-14-29(15-11-18)17-23(12-3-13-23)24(26,27)28/h1-2,4-9,18H,3,10-17H2. The molecule has 2 aromatic carbocycles. The van der Waals surface area contributed by atoms with E-state index in [1.807, 2.05) is 29.2 Å². The molecule has 30 heavy (non-hydrogen) atoms. The van der Waals surface area contributed by atoms with Gasteiger partial charge < -0.3 is 9.64 Å². The highest BCUT2D eigenvalue weighted by Gasteiger charge is 2.58. The third-order valence-corrected chi connectivity index (χ3v) is 6.67. The van der Waals surface area contributed by atoms with E-state index in [4.69, 9.17) is 4.74 Å². The maximum Gasteiger partial charge on any atom is 0.395 e. The molecule has 1 aliphatic carbocycles. The second kappa shape index (κ2) is 8.58. The molecule has 1 saturated heterocycles. The molecule has 0 radical (unpaired) electrons. The molecule has 1 aliphatic heterocycles. The Hall–Kier alpha value is -2.08. The molecule has 2 aromatic rings. The van der Waals surface area contributed by atoms with Crippen molar-refractivity contribution in [2.75, 3.05) is 26.2 Å². The van der Waals surface area contributed by atoms with E-state index < -0.39 is 11.6 Å². The van der Waals surface area contributed by atoms with Gasteiger partial charge in [-0.3, -0.25) is 0 Å². The smallest absolute Gasteiger partial charge is 0.395 e. The van der Waals surface area contributed by atoms with Crippen LogP contribution < -0.4 is 4.74 Å². The fraction of sp³-hybridized carbons (Fsp3) is 0.500. The van der Waals surface area contributed by atoms with Crippen LogP contribution in [0.25, 0.3) is 11.1 Å². The van der Waals surface area contributed by atoms with Crippen molar-refractivity contribution in [2.24, 2.45) is 11.3 Å². The maximum atomic E-state index is 13.9. The largest absolute Gasteiger partial charge is 0.493 e. The summed E-state index contributed by atoms with van der Waals surface area (Å²) in [5.41, 5.74) is -0.126. The monoisotopic (exact) mass is 421 g/mol. The zero-order valence-electron chi connectivity index (χ0n) is 16.9. The van der Waals surface area contributed by atoms with Crippen LogP contribution in [0.2, 0.25) is 0 Å². The zero-order valence-corrected chi connectivity index (χ0v) is 16.9. The highest BCUT2D eigenvalue weighted by Crippen LogP contribution is 2.53. The van der Waals surface area contributed by atoms with Gasteiger partial charge in [0, 0.05) is 12.1 Å². The van der Waals surface area contributed by atoms with Crippen molar-refractivity contribution >= 4 is 0 Å². The third kappa shape index (κ3) is 4.48. The SMILES string of the molecule is Fc1ccccc1-c1ccc(OCC2CCN(CC3(C(F)(F)F)CCC3)CC2)cc1. The minimum atomic E-state index is -4.10. The summed E-state index contributed by atoms with van der Waals surface area (Å²) in [5.74, 6) is 0.811. The van der Waals surface area contributed by atoms with Gasteiger partial charge in [-0.15, -0.1) is 0 Å². The first kappa shape index (κ1) is 21.2. The molecule has 0 unspecified atom stereocenters. The molecule has 1 saturated carbocycles. The van der Waals surface area contributed by atoms with Gasteiger partial charge in [0.25, 0.3) is 0 Å². The Morgan fingerprint density at radius 3 is 2.20 bits per heavy atom. The summed E-state index contributed by atoms with van der Waals surface area (Å²) in [6.07, 6.45) is -1.19. The van der Waals surface area contributed by atoms with E-state index in [-0.39, 0.29) is 25.2 Å². The first-order valence-corrected chi connectivity index (χ1v) is 10.6. The van der Waals surface area contributed by atoms with E-state index in [1.165, 1.54) is 6.07 Å². The lowest BCUT2D eigenvalue weighted by atomic mass is 9.67. The summed E-state index contributed by atoms with van der Waals surface area (Å²) in [7, 11) is 0. The summed E-state index contributed by atoms with van der Waals surface area (Å²) in [6.45, 7) is 2.08. The molecule has 0 aromatic heterocycles. The molecule has 0 N–H and O–H groups in total. The minimum absolute atomic E-state index is 0.140. The van der Waals surface area contributed by atoms with E-state index in [9.17, 15) is 17.6 Å². The van der Waals surface area contributed by atoms with Crippen molar-refractivity contribution in [3.05, 3.63) is 54.3 Å². The molecule has 2 fully saturated rings. The maximum absolute atomic E-state index is 13.9. The van der Waals surface area contributed by atoms with E-state index in [1.54, 1.807) is 18.2 Å². The normalized spacial score (nSPS) is 20.0. The Morgan fingerprint density at radius 2 is 1.63 bits per heavy atom. The lowest BCUT2D eigenvalue weighted by molar-refractivity contribution is -0.256. The number of hydrogen-bond acceptors (Lipinski definition) is 2. The first-order chi connectivity index (χ1) is 14.4. The van der Waals surface area contributed by atoms with Crippen molar-refractivity contribution in [3.63, 3.8) is 0 Å². The van der Waals surface area contributed by atoms with Gasteiger partial charge in [-0.25, -0.2) is 4.39 Å². The summed E-state index contributed by atoms with van der Waals surface area (Å²) in [6, 6.07) is 14.0. The number of benzene rings is 2. The molecule has 0 amide bonds. The molecular formula is C24H27F4NO. The minimum Gasteiger partial charge on any atom is -0.493 e. The Morgan fingerprint density at radius 1 is 0.967 bits per heavy atom. The van der Waals surface area contributed by atoms with Crippen molar-refractivity contribution in [2.45, 2.75) is 38.3 Å². The Labute approximate surface area is 174 Å². The molecule has 162 valence electrons. The lowest BCUT2D eigenvalue weighted by Gasteiger charge is -2.47. The van der Waals surface area contributed by atoms with E-state index >= 15 is 0 Å². The predicted octanol–water partition coefficient (Wildman–Crippen LogP) is 6.32. The van der Waals surface area contributed by atoms with Gasteiger partial charge in [0.05, 0.1) is 12.0 Å². The lowest BCUT2D eigenvalue weighted by Crippen LogP contribution is -2.53. The second-order valence-corrected chi connectivity index (χ2v) is 8.67. The van der Waals surface area contributed by atoms with Crippen LogP contribution in [0.15, 0.2) is 48.5 Å².